The lowest BCUT2D eigenvalue weighted by molar-refractivity contribution is 0.103. The topological polar surface area (TPSA) is 41.6 Å². The summed E-state index contributed by atoms with van der Waals surface area (Å²) in [6.07, 6.45) is 0. The zero-order chi connectivity index (χ0) is 16.2. The van der Waals surface area contributed by atoms with Crippen molar-refractivity contribution in [2.24, 2.45) is 0 Å². The zero-order valence-electron chi connectivity index (χ0n) is 13.0. The number of rotatable bonds is 4. The molecule has 1 aliphatic heterocycles. The predicted molar refractivity (Wildman–Crippen MR) is 87.9 cm³/mol. The minimum atomic E-state index is -0.532. The average Bonchev–Trinajstić information content (AvgIpc) is 2.62. The fourth-order valence-corrected chi connectivity index (χ4v) is 2.72. The van der Waals surface area contributed by atoms with Crippen LogP contribution in [-0.4, -0.2) is 39.1 Å². The number of methoxy groups -OCH3 is 1. The summed E-state index contributed by atoms with van der Waals surface area (Å²) in [7, 11) is 1.40. The summed E-state index contributed by atoms with van der Waals surface area (Å²) in [5.74, 6) is -0.593. The van der Waals surface area contributed by atoms with E-state index < -0.39 is 5.82 Å². The lowest BCUT2D eigenvalue weighted by Gasteiger charge is -2.29. The number of benzene rings is 2. The van der Waals surface area contributed by atoms with Crippen molar-refractivity contribution in [3.05, 3.63) is 59.4 Å². The number of carbonyl (C=O) groups excluding carboxylic acids is 1. The number of carbonyl (C=O) groups is 1. The molecule has 4 nitrogen and oxygen atoms in total. The summed E-state index contributed by atoms with van der Waals surface area (Å²) in [4.78, 5) is 14.7. The van der Waals surface area contributed by atoms with Gasteiger partial charge in [-0.1, -0.05) is 0 Å². The van der Waals surface area contributed by atoms with Crippen LogP contribution in [0.2, 0.25) is 0 Å². The number of ketones is 1. The largest absolute Gasteiger partial charge is 0.494 e. The molecule has 120 valence electrons. The minimum absolute atomic E-state index is 0.135. The van der Waals surface area contributed by atoms with E-state index in [1.165, 1.54) is 19.2 Å². The van der Waals surface area contributed by atoms with Crippen molar-refractivity contribution >= 4 is 11.5 Å². The monoisotopic (exact) mass is 314 g/mol. The maximum absolute atomic E-state index is 13.7. The van der Waals surface area contributed by atoms with Crippen LogP contribution in [0.25, 0.3) is 0 Å². The van der Waals surface area contributed by atoms with Crippen molar-refractivity contribution in [1.29, 1.82) is 0 Å². The first-order valence-electron chi connectivity index (χ1n) is 7.63. The Morgan fingerprint density at radius 2 is 1.74 bits per heavy atom. The first-order chi connectivity index (χ1) is 11.2. The van der Waals surface area contributed by atoms with Gasteiger partial charge in [0, 0.05) is 43.0 Å². The number of piperazine rings is 1. The first-order valence-corrected chi connectivity index (χ1v) is 7.63. The fourth-order valence-electron chi connectivity index (χ4n) is 2.72. The van der Waals surface area contributed by atoms with Gasteiger partial charge in [-0.25, -0.2) is 4.39 Å². The normalized spacial score (nSPS) is 14.6. The Balaban J connectivity index is 1.78. The molecular formula is C18H19FN2O2. The van der Waals surface area contributed by atoms with E-state index in [0.717, 1.165) is 31.9 Å². The summed E-state index contributed by atoms with van der Waals surface area (Å²) in [5, 5.41) is 3.31. The zero-order valence-corrected chi connectivity index (χ0v) is 13.0. The Morgan fingerprint density at radius 3 is 2.35 bits per heavy atom. The van der Waals surface area contributed by atoms with Gasteiger partial charge in [0.1, 0.15) is 0 Å². The van der Waals surface area contributed by atoms with Gasteiger partial charge in [-0.2, -0.15) is 0 Å². The van der Waals surface area contributed by atoms with Crippen LogP contribution >= 0.6 is 0 Å². The van der Waals surface area contributed by atoms with Crippen molar-refractivity contribution in [2.45, 2.75) is 0 Å². The molecule has 1 fully saturated rings. The van der Waals surface area contributed by atoms with E-state index in [4.69, 9.17) is 4.74 Å². The molecule has 1 saturated heterocycles. The van der Waals surface area contributed by atoms with Crippen molar-refractivity contribution in [3.63, 3.8) is 0 Å². The van der Waals surface area contributed by atoms with Gasteiger partial charge in [0.05, 0.1) is 7.11 Å². The molecule has 0 saturated carbocycles. The maximum atomic E-state index is 13.7. The molecular weight excluding hydrogens is 295 g/mol. The minimum Gasteiger partial charge on any atom is -0.494 e. The van der Waals surface area contributed by atoms with Gasteiger partial charge in [-0.05, 0) is 42.5 Å². The van der Waals surface area contributed by atoms with E-state index in [-0.39, 0.29) is 11.5 Å². The molecule has 1 aliphatic rings. The summed E-state index contributed by atoms with van der Waals surface area (Å²) in [6, 6.07) is 11.7. The highest BCUT2D eigenvalue weighted by atomic mass is 19.1. The third-order valence-corrected chi connectivity index (χ3v) is 4.03. The number of ether oxygens (including phenoxy) is 1. The van der Waals surface area contributed by atoms with Crippen LogP contribution in [0.5, 0.6) is 5.75 Å². The Hall–Kier alpha value is -2.40. The van der Waals surface area contributed by atoms with Crippen LogP contribution < -0.4 is 15.0 Å². The molecule has 0 atom stereocenters. The molecule has 0 radical (unpaired) electrons. The summed E-state index contributed by atoms with van der Waals surface area (Å²) in [6.45, 7) is 3.84. The molecule has 2 aromatic carbocycles. The number of halogens is 1. The molecule has 0 unspecified atom stereocenters. The summed E-state index contributed by atoms with van der Waals surface area (Å²) in [5.41, 5.74) is 1.97. The number of hydrogen-bond donors (Lipinski definition) is 1. The lowest BCUT2D eigenvalue weighted by Crippen LogP contribution is -2.43. The molecule has 2 aromatic rings. The highest BCUT2D eigenvalue weighted by molar-refractivity contribution is 6.09. The number of nitrogens with one attached hydrogen (secondary N) is 1. The second-order valence-electron chi connectivity index (χ2n) is 5.46. The van der Waals surface area contributed by atoms with Crippen molar-refractivity contribution < 1.29 is 13.9 Å². The van der Waals surface area contributed by atoms with Crippen LogP contribution in [0.1, 0.15) is 15.9 Å². The Kier molecular flexibility index (Phi) is 4.57. The van der Waals surface area contributed by atoms with Gasteiger partial charge in [-0.3, -0.25) is 4.79 Å². The van der Waals surface area contributed by atoms with E-state index in [9.17, 15) is 9.18 Å². The molecule has 0 spiro atoms. The van der Waals surface area contributed by atoms with E-state index >= 15 is 0 Å². The fraction of sp³-hybridized carbons (Fsp3) is 0.278. The number of hydrogen-bond acceptors (Lipinski definition) is 4. The second kappa shape index (κ2) is 6.79. The van der Waals surface area contributed by atoms with E-state index in [2.05, 4.69) is 10.2 Å². The number of anilines is 1. The van der Waals surface area contributed by atoms with Crippen molar-refractivity contribution in [3.8, 4) is 5.75 Å². The second-order valence-corrected chi connectivity index (χ2v) is 5.46. The first kappa shape index (κ1) is 15.5. The van der Waals surface area contributed by atoms with E-state index in [1.807, 2.05) is 12.1 Å². The average molecular weight is 314 g/mol. The molecule has 3 rings (SSSR count). The summed E-state index contributed by atoms with van der Waals surface area (Å²) >= 11 is 0. The molecule has 0 aromatic heterocycles. The molecule has 0 bridgehead atoms. The molecule has 0 amide bonds. The van der Waals surface area contributed by atoms with Gasteiger partial charge < -0.3 is 15.0 Å². The highest BCUT2D eigenvalue weighted by Gasteiger charge is 2.14. The molecule has 5 heteroatoms. The van der Waals surface area contributed by atoms with Crippen LogP contribution in [0.3, 0.4) is 0 Å². The third-order valence-electron chi connectivity index (χ3n) is 4.03. The Labute approximate surface area is 134 Å². The van der Waals surface area contributed by atoms with Gasteiger partial charge in [0.25, 0.3) is 0 Å². The lowest BCUT2D eigenvalue weighted by atomic mass is 10.0. The molecule has 23 heavy (non-hydrogen) atoms. The third kappa shape index (κ3) is 3.35. The maximum Gasteiger partial charge on any atom is 0.193 e. The number of nitrogens with zero attached hydrogens (tertiary/aromatic N) is 1. The van der Waals surface area contributed by atoms with Crippen molar-refractivity contribution in [2.75, 3.05) is 38.2 Å². The summed E-state index contributed by atoms with van der Waals surface area (Å²) < 4.78 is 18.6. The van der Waals surface area contributed by atoms with Crippen molar-refractivity contribution in [1.82, 2.24) is 5.32 Å². The van der Waals surface area contributed by atoms with E-state index in [0.29, 0.717) is 11.1 Å². The van der Waals surface area contributed by atoms with Gasteiger partial charge in [0.2, 0.25) is 0 Å². The van der Waals surface area contributed by atoms with Crippen LogP contribution in [-0.2, 0) is 0 Å². The molecule has 1 heterocycles. The van der Waals surface area contributed by atoms with Crippen LogP contribution in [0.15, 0.2) is 42.5 Å². The smallest absolute Gasteiger partial charge is 0.193 e. The molecule has 0 aliphatic carbocycles. The van der Waals surface area contributed by atoms with E-state index in [1.54, 1.807) is 18.2 Å². The van der Waals surface area contributed by atoms with Crippen LogP contribution in [0.4, 0.5) is 10.1 Å². The quantitative estimate of drug-likeness (QED) is 0.880. The Bertz CT molecular complexity index is 695. The SMILES string of the molecule is COc1ccc(C(=O)c2ccc(N3CCNCC3)cc2)cc1F. The molecule has 1 N–H and O–H groups in total. The van der Waals surface area contributed by atoms with Gasteiger partial charge in [-0.15, -0.1) is 0 Å². The van der Waals surface area contributed by atoms with Gasteiger partial charge in [0.15, 0.2) is 17.3 Å². The Morgan fingerprint density at radius 1 is 1.09 bits per heavy atom. The predicted octanol–water partition coefficient (Wildman–Crippen LogP) is 2.47. The van der Waals surface area contributed by atoms with Crippen LogP contribution in [0, 0.1) is 5.82 Å². The van der Waals surface area contributed by atoms with Gasteiger partial charge >= 0.3 is 0 Å². The standard InChI is InChI=1S/C18H19FN2O2/c1-23-17-7-4-14(12-16(17)19)18(22)13-2-5-15(6-3-13)21-10-8-20-9-11-21/h2-7,12,20H,8-11H2,1H3. The highest BCUT2D eigenvalue weighted by Crippen LogP contribution is 2.21.